The molecule has 0 aliphatic carbocycles. The third-order valence-corrected chi connectivity index (χ3v) is 3.70. The van der Waals surface area contributed by atoms with Crippen molar-refractivity contribution >= 4 is 23.3 Å². The lowest BCUT2D eigenvalue weighted by Gasteiger charge is -2.13. The lowest BCUT2D eigenvalue weighted by atomic mass is 10.2. The zero-order valence-electron chi connectivity index (χ0n) is 14.4. The van der Waals surface area contributed by atoms with Gasteiger partial charge in [-0.15, -0.1) is 0 Å². The minimum absolute atomic E-state index is 0.297. The number of amides is 2. The van der Waals surface area contributed by atoms with Crippen LogP contribution >= 0.6 is 11.6 Å². The van der Waals surface area contributed by atoms with E-state index in [-0.39, 0.29) is 6.03 Å². The van der Waals surface area contributed by atoms with Gasteiger partial charge in [-0.25, -0.2) is 4.79 Å². The molecule has 0 aliphatic heterocycles. The van der Waals surface area contributed by atoms with Crippen LogP contribution in [0.2, 0.25) is 5.02 Å². The fourth-order valence-electron chi connectivity index (χ4n) is 2.12. The molecule has 0 fully saturated rings. The Bertz CT molecular complexity index is 737. The summed E-state index contributed by atoms with van der Waals surface area (Å²) in [6.45, 7) is 2.57. The number of halogens is 1. The zero-order chi connectivity index (χ0) is 18.2. The lowest BCUT2D eigenvalue weighted by Crippen LogP contribution is -2.32. The smallest absolute Gasteiger partial charge is 0.319 e. The van der Waals surface area contributed by atoms with Gasteiger partial charge in [-0.1, -0.05) is 17.7 Å². The first-order valence-corrected chi connectivity index (χ1v) is 8.07. The van der Waals surface area contributed by atoms with Gasteiger partial charge in [0.15, 0.2) is 0 Å². The van der Waals surface area contributed by atoms with Crippen LogP contribution in [0.1, 0.15) is 5.56 Å². The average molecular weight is 365 g/mol. The van der Waals surface area contributed by atoms with E-state index in [1.165, 1.54) is 7.11 Å². The summed E-state index contributed by atoms with van der Waals surface area (Å²) in [6.07, 6.45) is 0. The van der Waals surface area contributed by atoms with Gasteiger partial charge in [0.05, 0.1) is 31.5 Å². The van der Waals surface area contributed by atoms with Crippen LogP contribution in [0, 0.1) is 6.92 Å². The molecule has 0 saturated heterocycles. The molecule has 0 aliphatic rings. The van der Waals surface area contributed by atoms with Gasteiger partial charge in [0.25, 0.3) is 0 Å². The van der Waals surface area contributed by atoms with Crippen LogP contribution in [0.3, 0.4) is 0 Å². The Balaban J connectivity index is 1.84. The molecule has 0 aromatic heterocycles. The van der Waals surface area contributed by atoms with Crippen molar-refractivity contribution in [1.82, 2.24) is 5.32 Å². The van der Waals surface area contributed by atoms with Crippen LogP contribution in [0.15, 0.2) is 36.4 Å². The maximum atomic E-state index is 12.0. The van der Waals surface area contributed by atoms with E-state index in [1.807, 2.05) is 19.1 Å². The monoisotopic (exact) mass is 364 g/mol. The summed E-state index contributed by atoms with van der Waals surface area (Å²) in [5, 5.41) is 5.97. The highest BCUT2D eigenvalue weighted by molar-refractivity contribution is 6.32. The molecule has 25 heavy (non-hydrogen) atoms. The summed E-state index contributed by atoms with van der Waals surface area (Å²) in [4.78, 5) is 12.0. The van der Waals surface area contributed by atoms with E-state index in [2.05, 4.69) is 10.6 Å². The second-order valence-corrected chi connectivity index (χ2v) is 5.64. The molecular formula is C18H21ClN2O4. The first-order chi connectivity index (χ1) is 12.0. The van der Waals surface area contributed by atoms with Gasteiger partial charge in [0.1, 0.15) is 23.9 Å². The number of aryl methyl sites for hydroxylation is 1. The van der Waals surface area contributed by atoms with Gasteiger partial charge < -0.3 is 24.8 Å². The van der Waals surface area contributed by atoms with E-state index in [0.29, 0.717) is 41.1 Å². The second-order valence-electron chi connectivity index (χ2n) is 5.23. The summed E-state index contributed by atoms with van der Waals surface area (Å²) in [5.74, 6) is 1.76. The molecule has 0 heterocycles. The normalized spacial score (nSPS) is 10.1. The molecule has 2 amide bonds. The molecule has 0 spiro atoms. The Kier molecular flexibility index (Phi) is 6.77. The van der Waals surface area contributed by atoms with E-state index < -0.39 is 0 Å². The topological polar surface area (TPSA) is 68.8 Å². The van der Waals surface area contributed by atoms with Gasteiger partial charge in [-0.2, -0.15) is 0 Å². The zero-order valence-corrected chi connectivity index (χ0v) is 15.1. The second kappa shape index (κ2) is 9.03. The Morgan fingerprint density at radius 2 is 1.88 bits per heavy atom. The van der Waals surface area contributed by atoms with Crippen molar-refractivity contribution in [2.45, 2.75) is 6.92 Å². The quantitative estimate of drug-likeness (QED) is 0.732. The molecular weight excluding hydrogens is 344 g/mol. The molecule has 6 nitrogen and oxygen atoms in total. The summed E-state index contributed by atoms with van der Waals surface area (Å²) in [6, 6.07) is 10.3. The molecule has 134 valence electrons. The van der Waals surface area contributed by atoms with Crippen LogP contribution in [0.4, 0.5) is 10.5 Å². The average Bonchev–Trinajstić information content (AvgIpc) is 2.61. The Hall–Kier alpha value is -2.60. The highest BCUT2D eigenvalue weighted by Crippen LogP contribution is 2.28. The number of hydrogen-bond acceptors (Lipinski definition) is 4. The molecule has 2 aromatic carbocycles. The van der Waals surface area contributed by atoms with Crippen LogP contribution in [0.25, 0.3) is 0 Å². The van der Waals surface area contributed by atoms with Crippen molar-refractivity contribution in [3.8, 4) is 17.2 Å². The number of methoxy groups -OCH3 is 2. The molecule has 0 radical (unpaired) electrons. The number of carbonyl (C=O) groups excluding carboxylic acids is 1. The van der Waals surface area contributed by atoms with Gasteiger partial charge in [0.2, 0.25) is 0 Å². The summed E-state index contributed by atoms with van der Waals surface area (Å²) in [5.41, 5.74) is 1.57. The van der Waals surface area contributed by atoms with Crippen LogP contribution in [-0.2, 0) is 0 Å². The lowest BCUT2D eigenvalue weighted by molar-refractivity contribution is 0.247. The van der Waals surface area contributed by atoms with E-state index in [1.54, 1.807) is 31.4 Å². The number of urea groups is 1. The molecule has 2 rings (SSSR count). The number of benzene rings is 2. The number of nitrogens with one attached hydrogen (secondary N) is 2. The molecule has 7 heteroatoms. The van der Waals surface area contributed by atoms with E-state index in [0.717, 1.165) is 5.56 Å². The highest BCUT2D eigenvalue weighted by atomic mass is 35.5. The number of ether oxygens (including phenoxy) is 3. The summed E-state index contributed by atoms with van der Waals surface area (Å²) < 4.78 is 15.9. The first-order valence-electron chi connectivity index (χ1n) is 7.69. The largest absolute Gasteiger partial charge is 0.497 e. The Morgan fingerprint density at radius 3 is 2.60 bits per heavy atom. The summed E-state index contributed by atoms with van der Waals surface area (Å²) >= 11 is 6.06. The molecule has 2 N–H and O–H groups in total. The van der Waals surface area contributed by atoms with Gasteiger partial charge in [0, 0.05) is 6.07 Å². The van der Waals surface area contributed by atoms with Gasteiger partial charge in [-0.05, 0) is 36.8 Å². The first kappa shape index (κ1) is 18.7. The predicted octanol–water partition coefficient (Wildman–Crippen LogP) is 3.87. The van der Waals surface area contributed by atoms with Gasteiger partial charge >= 0.3 is 6.03 Å². The Labute approximate surface area is 152 Å². The van der Waals surface area contributed by atoms with Crippen molar-refractivity contribution in [3.63, 3.8) is 0 Å². The number of hydrogen-bond donors (Lipinski definition) is 2. The molecule has 0 bridgehead atoms. The Morgan fingerprint density at radius 1 is 1.08 bits per heavy atom. The fraction of sp³-hybridized carbons (Fsp3) is 0.278. The van der Waals surface area contributed by atoms with Crippen LogP contribution in [0.5, 0.6) is 17.2 Å². The third-order valence-electron chi connectivity index (χ3n) is 3.39. The highest BCUT2D eigenvalue weighted by Gasteiger charge is 2.09. The maximum absolute atomic E-state index is 12.0. The standard InChI is InChI=1S/C18H21ClN2O4/c1-12-4-6-14(19)17(10-12)25-9-8-20-18(22)21-15-11-13(23-2)5-7-16(15)24-3/h4-7,10-11H,8-9H2,1-3H3,(H2,20,21,22). The number of carbonyl (C=O) groups is 1. The maximum Gasteiger partial charge on any atom is 0.319 e. The minimum atomic E-state index is -0.370. The number of rotatable bonds is 7. The third kappa shape index (κ3) is 5.46. The number of anilines is 1. The van der Waals surface area contributed by atoms with Crippen molar-refractivity contribution in [2.24, 2.45) is 0 Å². The predicted molar refractivity (Wildman–Crippen MR) is 98.3 cm³/mol. The van der Waals surface area contributed by atoms with Crippen molar-refractivity contribution in [3.05, 3.63) is 47.0 Å². The van der Waals surface area contributed by atoms with E-state index in [9.17, 15) is 4.79 Å². The molecule has 0 atom stereocenters. The minimum Gasteiger partial charge on any atom is -0.497 e. The van der Waals surface area contributed by atoms with E-state index in [4.69, 9.17) is 25.8 Å². The van der Waals surface area contributed by atoms with Gasteiger partial charge in [-0.3, -0.25) is 0 Å². The molecule has 0 saturated carbocycles. The van der Waals surface area contributed by atoms with Crippen molar-refractivity contribution in [2.75, 3.05) is 32.7 Å². The van der Waals surface area contributed by atoms with Crippen molar-refractivity contribution in [1.29, 1.82) is 0 Å². The molecule has 0 unspecified atom stereocenters. The van der Waals surface area contributed by atoms with E-state index >= 15 is 0 Å². The van der Waals surface area contributed by atoms with Crippen molar-refractivity contribution < 1.29 is 19.0 Å². The van der Waals surface area contributed by atoms with Crippen LogP contribution in [-0.4, -0.2) is 33.4 Å². The fourth-order valence-corrected chi connectivity index (χ4v) is 2.30. The van der Waals surface area contributed by atoms with Crippen LogP contribution < -0.4 is 24.8 Å². The SMILES string of the molecule is COc1ccc(OC)c(NC(=O)NCCOc2cc(C)ccc2Cl)c1. The summed E-state index contributed by atoms with van der Waals surface area (Å²) in [7, 11) is 3.09. The molecule has 2 aromatic rings.